The molecule has 0 saturated heterocycles. The summed E-state index contributed by atoms with van der Waals surface area (Å²) in [7, 11) is 0. The number of benzene rings is 2. The highest BCUT2D eigenvalue weighted by Crippen LogP contribution is 2.18. The van der Waals surface area contributed by atoms with E-state index in [1.807, 2.05) is 42.5 Å². The lowest BCUT2D eigenvalue weighted by Gasteiger charge is -2.07. The minimum atomic E-state index is -0.315. The minimum Gasteiger partial charge on any atom is -0.489 e. The second kappa shape index (κ2) is 5.92. The average Bonchev–Trinajstić information content (AvgIpc) is 2.40. The predicted octanol–water partition coefficient (Wildman–Crippen LogP) is 2.59. The van der Waals surface area contributed by atoms with Crippen molar-refractivity contribution in [2.24, 2.45) is 0 Å². The number of hydrogen-bond acceptors (Lipinski definition) is 3. The van der Waals surface area contributed by atoms with Crippen molar-refractivity contribution in [1.29, 1.82) is 0 Å². The Kier molecular flexibility index (Phi) is 4.00. The van der Waals surface area contributed by atoms with Crippen LogP contribution in [0.4, 0.5) is 0 Å². The molecule has 0 spiro atoms. The van der Waals surface area contributed by atoms with E-state index in [-0.39, 0.29) is 6.79 Å². The number of ether oxygens (including phenoxy) is 2. The van der Waals surface area contributed by atoms with Crippen LogP contribution in [0, 0.1) is 0 Å². The van der Waals surface area contributed by atoms with E-state index in [0.717, 1.165) is 11.3 Å². The molecule has 0 atom stereocenters. The van der Waals surface area contributed by atoms with Crippen LogP contribution >= 0.6 is 0 Å². The molecule has 0 saturated carbocycles. The van der Waals surface area contributed by atoms with E-state index >= 15 is 0 Å². The van der Waals surface area contributed by atoms with Gasteiger partial charge in [0.1, 0.15) is 18.1 Å². The fourth-order valence-corrected chi connectivity index (χ4v) is 1.45. The highest BCUT2D eigenvalue weighted by molar-refractivity contribution is 5.31. The first-order chi connectivity index (χ1) is 8.38. The lowest BCUT2D eigenvalue weighted by Crippen LogP contribution is -1.96. The van der Waals surface area contributed by atoms with Gasteiger partial charge >= 0.3 is 0 Å². The second-order valence-electron chi connectivity index (χ2n) is 3.52. The Balaban J connectivity index is 1.91. The largest absolute Gasteiger partial charge is 0.489 e. The van der Waals surface area contributed by atoms with Crippen LogP contribution in [-0.2, 0) is 6.61 Å². The van der Waals surface area contributed by atoms with Gasteiger partial charge in [-0.05, 0) is 29.8 Å². The van der Waals surface area contributed by atoms with Gasteiger partial charge in [0.2, 0.25) is 0 Å². The van der Waals surface area contributed by atoms with Gasteiger partial charge in [0, 0.05) is 0 Å². The summed E-state index contributed by atoms with van der Waals surface area (Å²) in [6.07, 6.45) is 0. The molecule has 0 radical (unpaired) electrons. The van der Waals surface area contributed by atoms with Crippen LogP contribution in [0.5, 0.6) is 11.5 Å². The first-order valence-corrected chi connectivity index (χ1v) is 5.39. The van der Waals surface area contributed by atoms with E-state index in [9.17, 15) is 0 Å². The monoisotopic (exact) mass is 230 g/mol. The molecule has 0 aliphatic carbocycles. The van der Waals surface area contributed by atoms with Crippen molar-refractivity contribution in [3.63, 3.8) is 0 Å². The van der Waals surface area contributed by atoms with Gasteiger partial charge in [-0.2, -0.15) is 0 Å². The van der Waals surface area contributed by atoms with E-state index < -0.39 is 0 Å². The summed E-state index contributed by atoms with van der Waals surface area (Å²) in [5, 5.41) is 8.59. The second-order valence-corrected chi connectivity index (χ2v) is 3.52. The van der Waals surface area contributed by atoms with E-state index in [4.69, 9.17) is 14.6 Å². The lowest BCUT2D eigenvalue weighted by atomic mass is 10.2. The maximum Gasteiger partial charge on any atom is 0.186 e. The molecule has 0 fully saturated rings. The quantitative estimate of drug-likeness (QED) is 0.802. The fourth-order valence-electron chi connectivity index (χ4n) is 1.45. The standard InChI is InChI=1S/C14H14O3/c15-11-17-14-8-6-13(7-9-14)16-10-12-4-2-1-3-5-12/h1-9,15H,10-11H2. The SMILES string of the molecule is OCOc1ccc(OCc2ccccc2)cc1. The summed E-state index contributed by atoms with van der Waals surface area (Å²) in [5.74, 6) is 1.40. The van der Waals surface area contributed by atoms with Gasteiger partial charge in [0.05, 0.1) is 0 Å². The molecule has 1 N–H and O–H groups in total. The Labute approximate surface area is 100 Å². The van der Waals surface area contributed by atoms with Crippen LogP contribution < -0.4 is 9.47 Å². The zero-order valence-corrected chi connectivity index (χ0v) is 9.37. The molecule has 2 aromatic carbocycles. The Hall–Kier alpha value is -2.00. The van der Waals surface area contributed by atoms with E-state index in [0.29, 0.717) is 12.4 Å². The normalized spacial score (nSPS) is 9.94. The minimum absolute atomic E-state index is 0.315. The van der Waals surface area contributed by atoms with Crippen molar-refractivity contribution in [2.75, 3.05) is 6.79 Å². The third-order valence-corrected chi connectivity index (χ3v) is 2.30. The Morgan fingerprint density at radius 3 is 1.94 bits per heavy atom. The molecule has 0 heterocycles. The maximum atomic E-state index is 8.59. The van der Waals surface area contributed by atoms with Crippen LogP contribution in [0.15, 0.2) is 54.6 Å². The van der Waals surface area contributed by atoms with Crippen molar-refractivity contribution in [2.45, 2.75) is 6.61 Å². The number of rotatable bonds is 5. The van der Waals surface area contributed by atoms with E-state index in [1.54, 1.807) is 12.1 Å². The van der Waals surface area contributed by atoms with E-state index in [2.05, 4.69) is 0 Å². The molecule has 3 nitrogen and oxygen atoms in total. The van der Waals surface area contributed by atoms with Crippen LogP contribution in [0.2, 0.25) is 0 Å². The predicted molar refractivity (Wildman–Crippen MR) is 64.9 cm³/mol. The van der Waals surface area contributed by atoms with Gasteiger partial charge in [-0.15, -0.1) is 0 Å². The van der Waals surface area contributed by atoms with Gasteiger partial charge < -0.3 is 14.6 Å². The van der Waals surface area contributed by atoms with Crippen molar-refractivity contribution in [1.82, 2.24) is 0 Å². The molecule has 0 unspecified atom stereocenters. The molecule has 88 valence electrons. The Morgan fingerprint density at radius 2 is 1.35 bits per heavy atom. The van der Waals surface area contributed by atoms with Crippen LogP contribution in [0.3, 0.4) is 0 Å². The number of hydrogen-bond donors (Lipinski definition) is 1. The topological polar surface area (TPSA) is 38.7 Å². The maximum absolute atomic E-state index is 8.59. The van der Waals surface area contributed by atoms with Crippen molar-refractivity contribution >= 4 is 0 Å². The van der Waals surface area contributed by atoms with Crippen LogP contribution in [0.25, 0.3) is 0 Å². The summed E-state index contributed by atoms with van der Waals surface area (Å²) in [6.45, 7) is 0.227. The highest BCUT2D eigenvalue weighted by Gasteiger charge is 1.96. The average molecular weight is 230 g/mol. The van der Waals surface area contributed by atoms with Crippen molar-refractivity contribution in [3.8, 4) is 11.5 Å². The molecule has 2 aromatic rings. The number of aliphatic hydroxyl groups excluding tert-OH is 1. The smallest absolute Gasteiger partial charge is 0.186 e. The Bertz CT molecular complexity index is 437. The first-order valence-electron chi connectivity index (χ1n) is 5.39. The van der Waals surface area contributed by atoms with Gasteiger partial charge in [-0.25, -0.2) is 0 Å². The van der Waals surface area contributed by atoms with Gasteiger partial charge in [-0.1, -0.05) is 30.3 Å². The number of aliphatic hydroxyl groups is 1. The first kappa shape index (κ1) is 11.5. The zero-order chi connectivity index (χ0) is 11.9. The summed E-state index contributed by atoms with van der Waals surface area (Å²) < 4.78 is 10.5. The van der Waals surface area contributed by atoms with Gasteiger partial charge in [-0.3, -0.25) is 0 Å². The molecular formula is C14H14O3. The third kappa shape index (κ3) is 3.50. The molecular weight excluding hydrogens is 216 g/mol. The molecule has 0 aliphatic heterocycles. The molecule has 0 bridgehead atoms. The summed E-state index contributed by atoms with van der Waals surface area (Å²) >= 11 is 0. The van der Waals surface area contributed by atoms with Gasteiger partial charge in [0.25, 0.3) is 0 Å². The molecule has 0 aliphatic rings. The van der Waals surface area contributed by atoms with Crippen molar-refractivity contribution < 1.29 is 14.6 Å². The fraction of sp³-hybridized carbons (Fsp3) is 0.143. The summed E-state index contributed by atoms with van der Waals surface area (Å²) in [6, 6.07) is 17.1. The van der Waals surface area contributed by atoms with Crippen molar-refractivity contribution in [3.05, 3.63) is 60.2 Å². The van der Waals surface area contributed by atoms with Crippen LogP contribution in [0.1, 0.15) is 5.56 Å². The van der Waals surface area contributed by atoms with Gasteiger partial charge in [0.15, 0.2) is 6.79 Å². The zero-order valence-electron chi connectivity index (χ0n) is 9.37. The van der Waals surface area contributed by atoms with Crippen LogP contribution in [-0.4, -0.2) is 11.9 Å². The summed E-state index contributed by atoms with van der Waals surface area (Å²) in [4.78, 5) is 0. The molecule has 2 rings (SSSR count). The molecule has 3 heteroatoms. The Morgan fingerprint density at radius 1 is 0.765 bits per heavy atom. The third-order valence-electron chi connectivity index (χ3n) is 2.30. The highest BCUT2D eigenvalue weighted by atomic mass is 16.6. The lowest BCUT2D eigenvalue weighted by molar-refractivity contribution is 0.0984. The molecule has 0 amide bonds. The van der Waals surface area contributed by atoms with E-state index in [1.165, 1.54) is 0 Å². The molecule has 17 heavy (non-hydrogen) atoms. The summed E-state index contributed by atoms with van der Waals surface area (Å²) in [5.41, 5.74) is 1.13. The molecule has 0 aromatic heterocycles.